The molecule has 1 rings (SSSR count). The van der Waals surface area contributed by atoms with Crippen molar-refractivity contribution in [2.24, 2.45) is 11.7 Å². The molecule has 2 unspecified atom stereocenters. The normalized spacial score (nSPS) is 14.6. The SMILES string of the molecule is COc1ccc(CN)cc1CS(=O)C(C)C(C)C. The molecule has 18 heavy (non-hydrogen) atoms. The lowest BCUT2D eigenvalue weighted by Gasteiger charge is -2.16. The highest BCUT2D eigenvalue weighted by Crippen LogP contribution is 2.23. The fraction of sp³-hybridized carbons (Fsp3) is 0.571. The molecule has 1 aromatic rings. The highest BCUT2D eigenvalue weighted by Gasteiger charge is 2.17. The first-order valence-corrected chi connectivity index (χ1v) is 7.60. The first-order valence-electron chi connectivity index (χ1n) is 6.22. The Hall–Kier alpha value is -0.870. The minimum atomic E-state index is -0.889. The van der Waals surface area contributed by atoms with Crippen LogP contribution in [0.5, 0.6) is 5.75 Å². The highest BCUT2D eigenvalue weighted by atomic mass is 32.2. The molecule has 0 aliphatic rings. The van der Waals surface area contributed by atoms with Gasteiger partial charge in [0.2, 0.25) is 0 Å². The molecule has 3 nitrogen and oxygen atoms in total. The van der Waals surface area contributed by atoms with Gasteiger partial charge in [-0.2, -0.15) is 0 Å². The number of rotatable bonds is 6. The Morgan fingerprint density at radius 1 is 1.33 bits per heavy atom. The third-order valence-electron chi connectivity index (χ3n) is 3.23. The fourth-order valence-electron chi connectivity index (χ4n) is 1.66. The zero-order chi connectivity index (χ0) is 13.7. The van der Waals surface area contributed by atoms with Crippen LogP contribution in [0.25, 0.3) is 0 Å². The van der Waals surface area contributed by atoms with Crippen LogP contribution in [-0.2, 0) is 23.1 Å². The van der Waals surface area contributed by atoms with Crippen molar-refractivity contribution in [2.75, 3.05) is 7.11 Å². The second-order valence-electron chi connectivity index (χ2n) is 4.82. The lowest BCUT2D eigenvalue weighted by atomic mass is 10.1. The van der Waals surface area contributed by atoms with E-state index >= 15 is 0 Å². The Kier molecular flexibility index (Phi) is 5.82. The van der Waals surface area contributed by atoms with Crippen LogP contribution in [0.4, 0.5) is 0 Å². The van der Waals surface area contributed by atoms with E-state index in [1.165, 1.54) is 0 Å². The van der Waals surface area contributed by atoms with Gasteiger partial charge in [0.15, 0.2) is 0 Å². The van der Waals surface area contributed by atoms with Crippen molar-refractivity contribution in [3.05, 3.63) is 29.3 Å². The fourth-order valence-corrected chi connectivity index (χ4v) is 3.06. The maximum absolute atomic E-state index is 12.2. The van der Waals surface area contributed by atoms with Crippen molar-refractivity contribution >= 4 is 10.8 Å². The molecule has 0 aliphatic heterocycles. The molecule has 0 amide bonds. The van der Waals surface area contributed by atoms with Crippen LogP contribution in [0.1, 0.15) is 31.9 Å². The van der Waals surface area contributed by atoms with E-state index in [-0.39, 0.29) is 5.25 Å². The van der Waals surface area contributed by atoms with Crippen LogP contribution < -0.4 is 10.5 Å². The molecule has 2 atom stereocenters. The van der Waals surface area contributed by atoms with Gasteiger partial charge in [0, 0.05) is 28.2 Å². The van der Waals surface area contributed by atoms with Gasteiger partial charge in [-0.1, -0.05) is 26.8 Å². The summed E-state index contributed by atoms with van der Waals surface area (Å²) in [5.74, 6) is 1.72. The van der Waals surface area contributed by atoms with Crippen LogP contribution in [0.2, 0.25) is 0 Å². The van der Waals surface area contributed by atoms with Gasteiger partial charge < -0.3 is 10.5 Å². The molecule has 0 aromatic heterocycles. The Morgan fingerprint density at radius 2 is 2.00 bits per heavy atom. The third kappa shape index (κ3) is 3.82. The number of benzene rings is 1. The molecule has 0 fully saturated rings. The molecule has 0 bridgehead atoms. The molecule has 0 spiro atoms. The van der Waals surface area contributed by atoms with Gasteiger partial charge in [-0.05, 0) is 23.6 Å². The first kappa shape index (κ1) is 15.2. The van der Waals surface area contributed by atoms with Crippen LogP contribution in [0.15, 0.2) is 18.2 Å². The van der Waals surface area contributed by atoms with Crippen LogP contribution >= 0.6 is 0 Å². The zero-order valence-corrected chi connectivity index (χ0v) is 12.4. The average Bonchev–Trinajstić information content (AvgIpc) is 2.37. The highest BCUT2D eigenvalue weighted by molar-refractivity contribution is 7.84. The van der Waals surface area contributed by atoms with E-state index in [2.05, 4.69) is 13.8 Å². The van der Waals surface area contributed by atoms with Crippen molar-refractivity contribution in [1.29, 1.82) is 0 Å². The molecular weight excluding hydrogens is 246 g/mol. The topological polar surface area (TPSA) is 52.3 Å². The Balaban J connectivity index is 2.91. The molecule has 0 saturated carbocycles. The van der Waals surface area contributed by atoms with Crippen molar-refractivity contribution in [2.45, 2.75) is 38.3 Å². The largest absolute Gasteiger partial charge is 0.496 e. The second-order valence-corrected chi connectivity index (χ2v) is 6.62. The molecular formula is C14H23NO2S. The smallest absolute Gasteiger partial charge is 0.123 e. The first-order chi connectivity index (χ1) is 8.49. The van der Waals surface area contributed by atoms with E-state index in [0.717, 1.165) is 16.9 Å². The molecule has 0 heterocycles. The van der Waals surface area contributed by atoms with Crippen LogP contribution in [0, 0.1) is 5.92 Å². The van der Waals surface area contributed by atoms with Gasteiger partial charge >= 0.3 is 0 Å². The molecule has 1 aromatic carbocycles. The summed E-state index contributed by atoms with van der Waals surface area (Å²) in [5, 5.41) is 0.177. The van der Waals surface area contributed by atoms with E-state index in [4.69, 9.17) is 10.5 Å². The van der Waals surface area contributed by atoms with Gasteiger partial charge in [-0.15, -0.1) is 0 Å². The average molecular weight is 269 g/mol. The summed E-state index contributed by atoms with van der Waals surface area (Å²) in [4.78, 5) is 0. The third-order valence-corrected chi connectivity index (χ3v) is 5.20. The predicted molar refractivity (Wildman–Crippen MR) is 77.0 cm³/mol. The zero-order valence-electron chi connectivity index (χ0n) is 11.6. The molecule has 0 aliphatic carbocycles. The summed E-state index contributed by atoms with van der Waals surface area (Å²) >= 11 is 0. The number of methoxy groups -OCH3 is 1. The summed E-state index contributed by atoms with van der Waals surface area (Å²) in [6.07, 6.45) is 0. The van der Waals surface area contributed by atoms with E-state index in [0.29, 0.717) is 18.2 Å². The maximum atomic E-state index is 12.2. The molecule has 4 heteroatoms. The summed E-state index contributed by atoms with van der Waals surface area (Å²) < 4.78 is 17.6. The standard InChI is InChI=1S/C14H23NO2S/c1-10(2)11(3)18(16)9-13-7-12(8-15)5-6-14(13)17-4/h5-7,10-11H,8-9,15H2,1-4H3. The van der Waals surface area contributed by atoms with E-state index in [1.54, 1.807) is 7.11 Å². The molecule has 0 radical (unpaired) electrons. The van der Waals surface area contributed by atoms with Crippen LogP contribution in [-0.4, -0.2) is 16.6 Å². The minimum Gasteiger partial charge on any atom is -0.496 e. The second kappa shape index (κ2) is 6.90. The summed E-state index contributed by atoms with van der Waals surface area (Å²) in [6, 6.07) is 5.83. The number of ether oxygens (including phenoxy) is 1. The number of hydrogen-bond donors (Lipinski definition) is 1. The number of nitrogens with two attached hydrogens (primary N) is 1. The lowest BCUT2D eigenvalue weighted by Crippen LogP contribution is -2.19. The van der Waals surface area contributed by atoms with E-state index < -0.39 is 10.8 Å². The number of hydrogen-bond acceptors (Lipinski definition) is 3. The minimum absolute atomic E-state index is 0.177. The van der Waals surface area contributed by atoms with Crippen molar-refractivity contribution in [3.63, 3.8) is 0 Å². The Labute approximate surface area is 112 Å². The van der Waals surface area contributed by atoms with Crippen molar-refractivity contribution in [3.8, 4) is 5.75 Å². The summed E-state index contributed by atoms with van der Waals surface area (Å²) in [5.41, 5.74) is 7.65. The van der Waals surface area contributed by atoms with Crippen molar-refractivity contribution < 1.29 is 8.95 Å². The van der Waals surface area contributed by atoms with Crippen molar-refractivity contribution in [1.82, 2.24) is 0 Å². The Morgan fingerprint density at radius 3 is 2.50 bits per heavy atom. The molecule has 0 saturated heterocycles. The Bertz CT molecular complexity index is 418. The monoisotopic (exact) mass is 269 g/mol. The lowest BCUT2D eigenvalue weighted by molar-refractivity contribution is 0.411. The molecule has 2 N–H and O–H groups in total. The van der Waals surface area contributed by atoms with Gasteiger partial charge in [-0.25, -0.2) is 0 Å². The van der Waals surface area contributed by atoms with E-state index in [9.17, 15) is 4.21 Å². The van der Waals surface area contributed by atoms with Gasteiger partial charge in [-0.3, -0.25) is 4.21 Å². The van der Waals surface area contributed by atoms with E-state index in [1.807, 2.05) is 25.1 Å². The molecule has 102 valence electrons. The quantitative estimate of drug-likeness (QED) is 0.863. The maximum Gasteiger partial charge on any atom is 0.123 e. The predicted octanol–water partition coefficient (Wildman–Crippen LogP) is 2.45. The van der Waals surface area contributed by atoms with Gasteiger partial charge in [0.1, 0.15) is 5.75 Å². The summed E-state index contributed by atoms with van der Waals surface area (Å²) in [7, 11) is 0.746. The van der Waals surface area contributed by atoms with Gasteiger partial charge in [0.05, 0.1) is 12.9 Å². The van der Waals surface area contributed by atoms with Crippen LogP contribution in [0.3, 0.4) is 0 Å². The van der Waals surface area contributed by atoms with Gasteiger partial charge in [0.25, 0.3) is 0 Å². The summed E-state index contributed by atoms with van der Waals surface area (Å²) in [6.45, 7) is 6.70.